The summed E-state index contributed by atoms with van der Waals surface area (Å²) in [4.78, 5) is 30.1. The van der Waals surface area contributed by atoms with Crippen LogP contribution in [0.3, 0.4) is 0 Å². The zero-order valence-electron chi connectivity index (χ0n) is 20.8. The number of rotatable bonds is 6. The van der Waals surface area contributed by atoms with Crippen LogP contribution in [0.15, 0.2) is 72.8 Å². The first kappa shape index (κ1) is 23.9. The van der Waals surface area contributed by atoms with Crippen molar-refractivity contribution >= 4 is 17.5 Å². The highest BCUT2D eigenvalue weighted by Crippen LogP contribution is 2.46. The van der Waals surface area contributed by atoms with Gasteiger partial charge in [0, 0.05) is 11.6 Å². The van der Waals surface area contributed by atoms with Gasteiger partial charge in [-0.05, 0) is 54.3 Å². The molecule has 2 atom stereocenters. The van der Waals surface area contributed by atoms with Gasteiger partial charge in [-0.2, -0.15) is 0 Å². The van der Waals surface area contributed by atoms with Gasteiger partial charge < -0.3 is 19.7 Å². The predicted octanol–water partition coefficient (Wildman–Crippen LogP) is 5.96. The fraction of sp³-hybridized carbons (Fsp3) is 0.333. The van der Waals surface area contributed by atoms with Crippen LogP contribution in [0.5, 0.6) is 11.5 Å². The lowest BCUT2D eigenvalue weighted by atomic mass is 9.77. The van der Waals surface area contributed by atoms with Gasteiger partial charge in [-0.15, -0.1) is 0 Å². The van der Waals surface area contributed by atoms with Crippen LogP contribution in [0.25, 0.3) is 0 Å². The van der Waals surface area contributed by atoms with Crippen molar-refractivity contribution in [3.05, 3.63) is 89.5 Å². The van der Waals surface area contributed by atoms with E-state index in [1.54, 1.807) is 14.2 Å². The highest BCUT2D eigenvalue weighted by atomic mass is 16.5. The molecule has 2 amide bonds. The van der Waals surface area contributed by atoms with Crippen LogP contribution in [0.2, 0.25) is 0 Å². The maximum atomic E-state index is 14.1. The summed E-state index contributed by atoms with van der Waals surface area (Å²) in [5.74, 6) is 0.580. The SMILES string of the molecule is COc1ccc([C@H]2[C@H](C(=O)Nc3ccccc3OC)c3ccccc3C(=O)N2C2CCCCC2)cc1. The zero-order chi connectivity index (χ0) is 25.1. The highest BCUT2D eigenvalue weighted by molar-refractivity contribution is 6.05. The molecule has 6 nitrogen and oxygen atoms in total. The number of para-hydroxylation sites is 2. The Balaban J connectivity index is 1.64. The molecule has 1 N–H and O–H groups in total. The van der Waals surface area contributed by atoms with Crippen molar-refractivity contribution in [1.29, 1.82) is 0 Å². The molecular weight excluding hydrogens is 452 g/mol. The zero-order valence-corrected chi connectivity index (χ0v) is 20.8. The Morgan fingerprint density at radius 1 is 0.861 bits per heavy atom. The van der Waals surface area contributed by atoms with E-state index in [1.807, 2.05) is 77.7 Å². The summed E-state index contributed by atoms with van der Waals surface area (Å²) in [6.07, 6.45) is 5.25. The molecule has 0 unspecified atom stereocenters. The average Bonchev–Trinajstić information content (AvgIpc) is 2.93. The number of hydrogen-bond acceptors (Lipinski definition) is 4. The Morgan fingerprint density at radius 2 is 1.56 bits per heavy atom. The van der Waals surface area contributed by atoms with Gasteiger partial charge in [0.2, 0.25) is 5.91 Å². The van der Waals surface area contributed by atoms with E-state index in [-0.39, 0.29) is 17.9 Å². The lowest BCUT2D eigenvalue weighted by Gasteiger charge is -2.46. The minimum Gasteiger partial charge on any atom is -0.497 e. The van der Waals surface area contributed by atoms with Crippen LogP contribution in [0.1, 0.15) is 65.5 Å². The number of benzene rings is 3. The van der Waals surface area contributed by atoms with Gasteiger partial charge in [-0.25, -0.2) is 0 Å². The van der Waals surface area contributed by atoms with Crippen molar-refractivity contribution in [2.24, 2.45) is 0 Å². The van der Waals surface area contributed by atoms with Crippen molar-refractivity contribution in [1.82, 2.24) is 4.90 Å². The molecule has 0 aromatic heterocycles. The third-order valence-electron chi connectivity index (χ3n) is 7.45. The number of fused-ring (bicyclic) bond motifs is 1. The highest BCUT2D eigenvalue weighted by Gasteiger charge is 2.46. The Bertz CT molecular complexity index is 1230. The number of anilines is 1. The molecule has 0 bridgehead atoms. The quantitative estimate of drug-likeness (QED) is 0.469. The maximum absolute atomic E-state index is 14.1. The van der Waals surface area contributed by atoms with Crippen LogP contribution in [-0.4, -0.2) is 37.0 Å². The first-order valence-electron chi connectivity index (χ1n) is 12.6. The van der Waals surface area contributed by atoms with E-state index < -0.39 is 12.0 Å². The molecule has 36 heavy (non-hydrogen) atoms. The summed E-state index contributed by atoms with van der Waals surface area (Å²) < 4.78 is 10.9. The second-order valence-corrected chi connectivity index (χ2v) is 9.48. The Kier molecular flexibility index (Phi) is 6.94. The first-order chi connectivity index (χ1) is 17.6. The summed E-state index contributed by atoms with van der Waals surface area (Å²) in [7, 11) is 3.22. The number of amides is 2. The molecule has 1 aliphatic carbocycles. The van der Waals surface area contributed by atoms with E-state index in [2.05, 4.69) is 5.32 Å². The van der Waals surface area contributed by atoms with Crippen LogP contribution < -0.4 is 14.8 Å². The number of carbonyl (C=O) groups is 2. The molecule has 1 fully saturated rings. The lowest BCUT2D eigenvalue weighted by Crippen LogP contribution is -2.51. The van der Waals surface area contributed by atoms with Crippen molar-refractivity contribution in [3.63, 3.8) is 0 Å². The topological polar surface area (TPSA) is 67.9 Å². The number of methoxy groups -OCH3 is 2. The van der Waals surface area contributed by atoms with Crippen LogP contribution >= 0.6 is 0 Å². The molecule has 1 saturated carbocycles. The van der Waals surface area contributed by atoms with Gasteiger partial charge in [0.1, 0.15) is 11.5 Å². The van der Waals surface area contributed by atoms with Gasteiger partial charge >= 0.3 is 0 Å². The molecule has 1 heterocycles. The average molecular weight is 485 g/mol. The Morgan fingerprint density at radius 3 is 2.28 bits per heavy atom. The first-order valence-corrected chi connectivity index (χ1v) is 12.6. The van der Waals surface area contributed by atoms with E-state index >= 15 is 0 Å². The molecule has 2 aliphatic rings. The Hall–Kier alpha value is -3.80. The summed E-state index contributed by atoms with van der Waals surface area (Å²) >= 11 is 0. The minimum atomic E-state index is -0.584. The third-order valence-corrected chi connectivity index (χ3v) is 7.45. The van der Waals surface area contributed by atoms with Gasteiger partial charge in [-0.1, -0.05) is 61.7 Å². The smallest absolute Gasteiger partial charge is 0.254 e. The standard InChI is InChI=1S/C30H32N2O4/c1-35-22-18-16-20(17-19-22)28-27(29(33)31-25-14-8-9-15-26(25)36-2)23-12-6-7-13-24(23)30(34)32(28)21-10-4-3-5-11-21/h6-9,12-19,21,27-28H,3-5,10-11H2,1-2H3,(H,31,33)/t27-,28+/m1/s1. The fourth-order valence-corrected chi connectivity index (χ4v) is 5.71. The summed E-state index contributed by atoms with van der Waals surface area (Å²) in [6.45, 7) is 0. The van der Waals surface area contributed by atoms with Crippen molar-refractivity contribution in [2.45, 2.75) is 50.1 Å². The van der Waals surface area contributed by atoms with Gasteiger partial charge in [0.15, 0.2) is 0 Å². The van der Waals surface area contributed by atoms with Crippen LogP contribution in [0, 0.1) is 0 Å². The van der Waals surface area contributed by atoms with E-state index in [0.29, 0.717) is 17.0 Å². The molecule has 186 valence electrons. The maximum Gasteiger partial charge on any atom is 0.254 e. The second-order valence-electron chi connectivity index (χ2n) is 9.48. The third kappa shape index (κ3) is 4.43. The fourth-order valence-electron chi connectivity index (χ4n) is 5.71. The number of carbonyl (C=O) groups excluding carboxylic acids is 2. The van der Waals surface area contributed by atoms with Gasteiger partial charge in [0.05, 0.1) is 31.9 Å². The minimum absolute atomic E-state index is 0.000315. The number of ether oxygens (including phenoxy) is 2. The molecule has 3 aromatic rings. The lowest BCUT2D eigenvalue weighted by molar-refractivity contribution is -0.119. The molecule has 0 saturated heterocycles. The van der Waals surface area contributed by atoms with Crippen molar-refractivity contribution in [3.8, 4) is 11.5 Å². The molecule has 3 aromatic carbocycles. The Labute approximate surface area is 212 Å². The molecule has 0 spiro atoms. The van der Waals surface area contributed by atoms with E-state index in [9.17, 15) is 9.59 Å². The van der Waals surface area contributed by atoms with Crippen molar-refractivity contribution < 1.29 is 19.1 Å². The van der Waals surface area contributed by atoms with Gasteiger partial charge in [-0.3, -0.25) is 9.59 Å². The van der Waals surface area contributed by atoms with Crippen LogP contribution in [0.4, 0.5) is 5.69 Å². The monoisotopic (exact) mass is 484 g/mol. The summed E-state index contributed by atoms with van der Waals surface area (Å²) in [5, 5.41) is 3.11. The van der Waals surface area contributed by atoms with Gasteiger partial charge in [0.25, 0.3) is 5.91 Å². The van der Waals surface area contributed by atoms with E-state index in [1.165, 1.54) is 6.42 Å². The van der Waals surface area contributed by atoms with Crippen molar-refractivity contribution in [2.75, 3.05) is 19.5 Å². The molecule has 0 radical (unpaired) electrons. The summed E-state index contributed by atoms with van der Waals surface area (Å²) in [5.41, 5.74) is 2.89. The molecule has 1 aliphatic heterocycles. The van der Waals surface area contributed by atoms with E-state index in [0.717, 1.165) is 42.6 Å². The largest absolute Gasteiger partial charge is 0.497 e. The molecular formula is C30H32N2O4. The number of nitrogens with one attached hydrogen (secondary N) is 1. The molecule has 6 heteroatoms. The predicted molar refractivity (Wildman–Crippen MR) is 140 cm³/mol. The second kappa shape index (κ2) is 10.4. The number of nitrogens with zero attached hydrogens (tertiary/aromatic N) is 1. The number of hydrogen-bond donors (Lipinski definition) is 1. The van der Waals surface area contributed by atoms with E-state index in [4.69, 9.17) is 9.47 Å². The molecule has 5 rings (SSSR count). The summed E-state index contributed by atoms with van der Waals surface area (Å²) in [6, 6.07) is 22.3. The van der Waals surface area contributed by atoms with Crippen LogP contribution in [-0.2, 0) is 4.79 Å². The normalized spacial score (nSPS) is 19.9.